The molecule has 138 valence electrons. The van der Waals surface area contributed by atoms with E-state index >= 15 is 0 Å². The molecule has 0 spiro atoms. The van der Waals surface area contributed by atoms with E-state index in [0.29, 0.717) is 33.9 Å². The van der Waals surface area contributed by atoms with Crippen LogP contribution in [0.25, 0.3) is 28.3 Å². The van der Waals surface area contributed by atoms with Crippen molar-refractivity contribution in [1.29, 1.82) is 0 Å². The lowest BCUT2D eigenvalue weighted by molar-refractivity contribution is 0.0601. The molecule has 0 saturated heterocycles. The smallest absolute Gasteiger partial charge is 0.337 e. The number of hydrogen-bond donors (Lipinski definition) is 0. The van der Waals surface area contributed by atoms with Crippen LogP contribution in [-0.4, -0.2) is 38.3 Å². The number of methoxy groups -OCH3 is 1. The van der Waals surface area contributed by atoms with Gasteiger partial charge in [0.1, 0.15) is 11.5 Å². The molecule has 28 heavy (non-hydrogen) atoms. The largest absolute Gasteiger partial charge is 0.465 e. The van der Waals surface area contributed by atoms with E-state index in [-0.39, 0.29) is 0 Å². The average Bonchev–Trinajstić information content (AvgIpc) is 3.24. The number of ether oxygens (including phenoxy) is 1. The van der Waals surface area contributed by atoms with Crippen LogP contribution >= 0.6 is 0 Å². The van der Waals surface area contributed by atoms with E-state index in [0.717, 1.165) is 0 Å². The first kappa shape index (κ1) is 17.5. The second-order valence-corrected chi connectivity index (χ2v) is 5.89. The molecule has 0 bridgehead atoms. The van der Waals surface area contributed by atoms with Crippen molar-refractivity contribution >= 4 is 5.97 Å². The minimum Gasteiger partial charge on any atom is -0.465 e. The van der Waals surface area contributed by atoms with Crippen LogP contribution < -0.4 is 0 Å². The number of tetrazole rings is 1. The normalized spacial score (nSPS) is 10.6. The molecule has 0 aliphatic carbocycles. The summed E-state index contributed by atoms with van der Waals surface area (Å²) in [6, 6.07) is 16.5. The molecule has 0 N–H and O–H groups in total. The summed E-state index contributed by atoms with van der Waals surface area (Å²) in [5.74, 6) is -0.594. The number of benzene rings is 2. The van der Waals surface area contributed by atoms with Crippen molar-refractivity contribution in [3.8, 4) is 28.3 Å². The molecular weight excluding hydrogens is 361 g/mol. The average molecular weight is 375 g/mol. The third kappa shape index (κ3) is 3.48. The molecule has 0 atom stereocenters. The van der Waals surface area contributed by atoms with E-state index in [1.165, 1.54) is 24.0 Å². The number of pyridine rings is 1. The molecule has 2 heterocycles. The Labute approximate surface area is 159 Å². The maximum Gasteiger partial charge on any atom is 0.337 e. The van der Waals surface area contributed by atoms with Gasteiger partial charge in [0.15, 0.2) is 0 Å². The van der Waals surface area contributed by atoms with Gasteiger partial charge in [0.25, 0.3) is 0 Å². The number of carbonyl (C=O) groups excluding carboxylic acids is 1. The topological polar surface area (TPSA) is 82.8 Å². The van der Waals surface area contributed by atoms with E-state index in [9.17, 15) is 9.18 Å². The number of hydrogen-bond acceptors (Lipinski definition) is 6. The van der Waals surface area contributed by atoms with Gasteiger partial charge in [-0.3, -0.25) is 4.98 Å². The molecule has 0 amide bonds. The number of carbonyl (C=O) groups is 1. The number of aromatic nitrogens is 5. The Morgan fingerprint density at radius 3 is 2.71 bits per heavy atom. The molecular formula is C20H14FN5O2. The van der Waals surface area contributed by atoms with E-state index in [1.54, 1.807) is 48.7 Å². The third-order valence-electron chi connectivity index (χ3n) is 4.04. The van der Waals surface area contributed by atoms with Gasteiger partial charge in [-0.15, -0.1) is 15.0 Å². The molecule has 0 fully saturated rings. The Balaban J connectivity index is 1.73. The van der Waals surface area contributed by atoms with Crippen LogP contribution in [-0.2, 0) is 4.74 Å². The van der Waals surface area contributed by atoms with Crippen molar-refractivity contribution in [1.82, 2.24) is 25.2 Å². The molecule has 2 aromatic heterocycles. The van der Waals surface area contributed by atoms with E-state index < -0.39 is 11.8 Å². The zero-order chi connectivity index (χ0) is 19.5. The number of rotatable bonds is 4. The minimum absolute atomic E-state index is 0.332. The van der Waals surface area contributed by atoms with Gasteiger partial charge in [0.05, 0.1) is 18.4 Å². The van der Waals surface area contributed by atoms with Crippen molar-refractivity contribution in [2.75, 3.05) is 7.11 Å². The maximum absolute atomic E-state index is 14.3. The standard InChI is InChI=1S/C20H14FN5O2/c1-28-20(27)14-6-4-5-13(9-14)15-10-16(21)12-17(11-15)26-24-19(23-25-26)18-7-2-3-8-22-18/h2-12H,1H3. The first-order valence-electron chi connectivity index (χ1n) is 8.35. The predicted molar refractivity (Wildman–Crippen MR) is 99.1 cm³/mol. The van der Waals surface area contributed by atoms with Crippen LogP contribution in [0.15, 0.2) is 66.9 Å². The van der Waals surface area contributed by atoms with Gasteiger partial charge in [-0.2, -0.15) is 0 Å². The quantitative estimate of drug-likeness (QED) is 0.509. The van der Waals surface area contributed by atoms with Crippen LogP contribution in [0, 0.1) is 5.82 Å². The van der Waals surface area contributed by atoms with Gasteiger partial charge in [-0.25, -0.2) is 9.18 Å². The third-order valence-corrected chi connectivity index (χ3v) is 4.04. The Bertz CT molecular complexity index is 1140. The first-order valence-corrected chi connectivity index (χ1v) is 8.35. The molecule has 0 aliphatic rings. The van der Waals surface area contributed by atoms with Gasteiger partial charge in [-0.05, 0) is 52.7 Å². The summed E-state index contributed by atoms with van der Waals surface area (Å²) in [5.41, 5.74) is 2.57. The molecule has 7 nitrogen and oxygen atoms in total. The summed E-state index contributed by atoms with van der Waals surface area (Å²) < 4.78 is 19.0. The Kier molecular flexibility index (Phi) is 4.59. The summed E-state index contributed by atoms with van der Waals surface area (Å²) in [6.07, 6.45) is 1.63. The lowest BCUT2D eigenvalue weighted by Crippen LogP contribution is -2.02. The molecule has 0 unspecified atom stereocenters. The highest BCUT2D eigenvalue weighted by molar-refractivity contribution is 5.91. The fourth-order valence-electron chi connectivity index (χ4n) is 2.72. The van der Waals surface area contributed by atoms with Gasteiger partial charge >= 0.3 is 5.97 Å². The van der Waals surface area contributed by atoms with Crippen molar-refractivity contribution in [2.45, 2.75) is 0 Å². The Morgan fingerprint density at radius 1 is 1.04 bits per heavy atom. The summed E-state index contributed by atoms with van der Waals surface area (Å²) >= 11 is 0. The molecule has 0 radical (unpaired) electrons. The lowest BCUT2D eigenvalue weighted by Gasteiger charge is -2.07. The minimum atomic E-state index is -0.465. The number of esters is 1. The molecule has 4 aromatic rings. The van der Waals surface area contributed by atoms with Crippen molar-refractivity contribution in [2.24, 2.45) is 0 Å². The second-order valence-electron chi connectivity index (χ2n) is 5.89. The molecule has 8 heteroatoms. The Hall–Kier alpha value is -3.94. The first-order chi connectivity index (χ1) is 13.6. The fourth-order valence-corrected chi connectivity index (χ4v) is 2.72. The Morgan fingerprint density at radius 2 is 1.93 bits per heavy atom. The van der Waals surface area contributed by atoms with Gasteiger partial charge in [0.2, 0.25) is 5.82 Å². The van der Waals surface area contributed by atoms with Gasteiger partial charge in [-0.1, -0.05) is 18.2 Å². The molecule has 0 saturated carbocycles. The maximum atomic E-state index is 14.3. The van der Waals surface area contributed by atoms with Crippen LogP contribution in [0.2, 0.25) is 0 Å². The lowest BCUT2D eigenvalue weighted by atomic mass is 10.0. The summed E-state index contributed by atoms with van der Waals surface area (Å²) in [5, 5.41) is 12.2. The SMILES string of the molecule is COC(=O)c1cccc(-c2cc(F)cc(-n3nnc(-c4ccccn4)n3)c2)c1. The van der Waals surface area contributed by atoms with Crippen molar-refractivity contribution in [3.63, 3.8) is 0 Å². The van der Waals surface area contributed by atoms with Crippen molar-refractivity contribution in [3.05, 3.63) is 78.2 Å². The van der Waals surface area contributed by atoms with E-state index in [4.69, 9.17) is 4.74 Å². The zero-order valence-corrected chi connectivity index (χ0v) is 14.8. The van der Waals surface area contributed by atoms with E-state index in [2.05, 4.69) is 20.4 Å². The van der Waals surface area contributed by atoms with Crippen LogP contribution in [0.3, 0.4) is 0 Å². The molecule has 4 rings (SSSR count). The highest BCUT2D eigenvalue weighted by atomic mass is 19.1. The van der Waals surface area contributed by atoms with Crippen LogP contribution in [0.1, 0.15) is 10.4 Å². The molecule has 2 aromatic carbocycles. The number of halogens is 1. The zero-order valence-electron chi connectivity index (χ0n) is 14.8. The van der Waals surface area contributed by atoms with E-state index in [1.807, 2.05) is 6.07 Å². The highest BCUT2D eigenvalue weighted by Gasteiger charge is 2.12. The summed E-state index contributed by atoms with van der Waals surface area (Å²) in [6.45, 7) is 0. The number of nitrogens with zero attached hydrogens (tertiary/aromatic N) is 5. The second kappa shape index (κ2) is 7.36. The fraction of sp³-hybridized carbons (Fsp3) is 0.0500. The monoisotopic (exact) mass is 375 g/mol. The van der Waals surface area contributed by atoms with Gasteiger partial charge < -0.3 is 4.74 Å². The summed E-state index contributed by atoms with van der Waals surface area (Å²) in [4.78, 5) is 17.2. The molecule has 0 aliphatic heterocycles. The van der Waals surface area contributed by atoms with Crippen molar-refractivity contribution < 1.29 is 13.9 Å². The summed E-state index contributed by atoms with van der Waals surface area (Å²) in [7, 11) is 1.31. The highest BCUT2D eigenvalue weighted by Crippen LogP contribution is 2.25. The predicted octanol–water partition coefficient (Wildman–Crippen LogP) is 3.32. The van der Waals surface area contributed by atoms with Crippen LogP contribution in [0.5, 0.6) is 0 Å². The van der Waals surface area contributed by atoms with Crippen LogP contribution in [0.4, 0.5) is 4.39 Å². The van der Waals surface area contributed by atoms with Gasteiger partial charge in [0, 0.05) is 12.3 Å².